The van der Waals surface area contributed by atoms with E-state index in [-0.39, 0.29) is 0 Å². The summed E-state index contributed by atoms with van der Waals surface area (Å²) in [6.07, 6.45) is 13.7. The number of rotatable bonds is 7. The van der Waals surface area contributed by atoms with E-state index in [0.29, 0.717) is 39.5 Å². The van der Waals surface area contributed by atoms with Crippen LogP contribution in [0.15, 0.2) is 121 Å². The minimum atomic E-state index is -0.442. The fraction of sp³-hybridized carbons (Fsp3) is 0.0577. The van der Waals surface area contributed by atoms with Crippen LogP contribution in [0.5, 0.6) is 0 Å². The van der Waals surface area contributed by atoms with E-state index in [1.807, 2.05) is 109 Å². The Morgan fingerprint density at radius 2 is 0.677 bits per heavy atom. The summed E-state index contributed by atoms with van der Waals surface area (Å²) in [6.45, 7) is 0. The molecule has 0 unspecified atom stereocenters. The van der Waals surface area contributed by atoms with Gasteiger partial charge in [0.05, 0.1) is 60.8 Å². The lowest BCUT2D eigenvalue weighted by Gasteiger charge is -2.08. The molecule has 0 spiro atoms. The monoisotopic (exact) mass is 812 g/mol. The van der Waals surface area contributed by atoms with Gasteiger partial charge in [-0.2, -0.15) is 0 Å². The van der Waals surface area contributed by atoms with Crippen molar-refractivity contribution in [2.75, 3.05) is 21.3 Å². The van der Waals surface area contributed by atoms with E-state index in [4.69, 9.17) is 30.6 Å². The van der Waals surface area contributed by atoms with Crippen molar-refractivity contribution in [3.05, 3.63) is 166 Å². The molecule has 2 N–H and O–H groups in total. The van der Waals surface area contributed by atoms with Gasteiger partial charge in [-0.05, 0) is 119 Å². The van der Waals surface area contributed by atoms with Crippen molar-refractivity contribution in [2.45, 2.75) is 0 Å². The van der Waals surface area contributed by atoms with Gasteiger partial charge in [0.25, 0.3) is 0 Å². The predicted octanol–water partition coefficient (Wildman–Crippen LogP) is 10.7. The summed E-state index contributed by atoms with van der Waals surface area (Å²) in [5, 5.41) is 0. The van der Waals surface area contributed by atoms with E-state index in [1.54, 1.807) is 36.4 Å². The summed E-state index contributed by atoms with van der Waals surface area (Å²) < 4.78 is 15.0. The van der Waals surface area contributed by atoms with Crippen LogP contribution in [0.2, 0.25) is 0 Å². The minimum absolute atomic E-state index is 0.411. The Kier molecular flexibility index (Phi) is 10.2. The highest BCUT2D eigenvalue weighted by molar-refractivity contribution is 6.01. The number of H-pyrrole nitrogens is 2. The topological polar surface area (TPSA) is 136 Å². The van der Waals surface area contributed by atoms with Gasteiger partial charge in [0.1, 0.15) is 0 Å². The molecule has 2 aliphatic rings. The fourth-order valence-corrected chi connectivity index (χ4v) is 7.83. The van der Waals surface area contributed by atoms with Crippen LogP contribution >= 0.6 is 0 Å². The molecule has 8 bridgehead atoms. The van der Waals surface area contributed by atoms with Crippen molar-refractivity contribution < 1.29 is 28.6 Å². The van der Waals surface area contributed by atoms with Gasteiger partial charge in [0, 0.05) is 49.9 Å². The molecule has 0 amide bonds. The number of benzene rings is 4. The van der Waals surface area contributed by atoms with Gasteiger partial charge in [-0.3, -0.25) is 0 Å². The van der Waals surface area contributed by atoms with Gasteiger partial charge in [-0.15, -0.1) is 6.42 Å². The van der Waals surface area contributed by atoms with E-state index in [0.717, 1.165) is 72.1 Å². The van der Waals surface area contributed by atoms with Gasteiger partial charge < -0.3 is 24.2 Å². The first-order chi connectivity index (χ1) is 30.3. The third-order valence-electron chi connectivity index (χ3n) is 10.9. The van der Waals surface area contributed by atoms with Crippen LogP contribution in [0, 0.1) is 12.3 Å². The molecular weight excluding hydrogens is 777 g/mol. The highest BCUT2D eigenvalue weighted by atomic mass is 16.5. The summed E-state index contributed by atoms with van der Waals surface area (Å²) in [6, 6.07) is 37.5. The van der Waals surface area contributed by atoms with Crippen molar-refractivity contribution in [1.82, 2.24) is 19.9 Å². The number of hydrogen-bond donors (Lipinski definition) is 2. The third kappa shape index (κ3) is 7.14. The van der Waals surface area contributed by atoms with Gasteiger partial charge >= 0.3 is 17.9 Å². The van der Waals surface area contributed by atoms with Gasteiger partial charge in [0.2, 0.25) is 0 Å². The zero-order chi connectivity index (χ0) is 42.9. The number of carbonyl (C=O) groups excluding carboxylic acids is 3. The molecule has 0 radical (unpaired) electrons. The molecule has 0 saturated heterocycles. The molecule has 2 aliphatic heterocycles. The Hall–Kier alpha value is -8.55. The van der Waals surface area contributed by atoms with Crippen molar-refractivity contribution in [1.29, 1.82) is 0 Å². The first kappa shape index (κ1) is 38.9. The largest absolute Gasteiger partial charge is 0.465 e. The minimum Gasteiger partial charge on any atom is -0.465 e. The number of hydrogen-bond acceptors (Lipinski definition) is 8. The normalized spacial score (nSPS) is 11.5. The lowest BCUT2D eigenvalue weighted by molar-refractivity contribution is 0.0592. The van der Waals surface area contributed by atoms with Gasteiger partial charge in [-0.1, -0.05) is 54.5 Å². The van der Waals surface area contributed by atoms with Crippen LogP contribution in [-0.4, -0.2) is 59.2 Å². The second-order valence-electron chi connectivity index (χ2n) is 14.4. The molecule has 0 aliphatic carbocycles. The van der Waals surface area contributed by atoms with Crippen LogP contribution < -0.4 is 0 Å². The Morgan fingerprint density at radius 1 is 0.419 bits per heavy atom. The molecule has 10 heteroatoms. The maximum absolute atomic E-state index is 12.5. The third-order valence-corrected chi connectivity index (χ3v) is 10.9. The van der Waals surface area contributed by atoms with Gasteiger partial charge in [-0.25, -0.2) is 24.4 Å². The van der Waals surface area contributed by atoms with Crippen LogP contribution in [-0.2, 0) is 14.2 Å². The number of carbonyl (C=O) groups is 3. The summed E-state index contributed by atoms with van der Waals surface area (Å²) in [7, 11) is 4.06. The van der Waals surface area contributed by atoms with E-state index in [9.17, 15) is 14.4 Å². The molecule has 4 aromatic carbocycles. The zero-order valence-corrected chi connectivity index (χ0v) is 33.8. The lowest BCUT2D eigenvalue weighted by Crippen LogP contribution is -2.00. The molecule has 0 atom stereocenters. The number of aromatic amines is 2. The number of esters is 3. The van der Waals surface area contributed by atoms with Crippen molar-refractivity contribution >= 4 is 64.3 Å². The smallest absolute Gasteiger partial charge is 0.337 e. The van der Waals surface area contributed by atoms with Gasteiger partial charge in [0.15, 0.2) is 0 Å². The van der Waals surface area contributed by atoms with E-state index >= 15 is 0 Å². The Labute approximate surface area is 356 Å². The summed E-state index contributed by atoms with van der Waals surface area (Å²) in [4.78, 5) is 55.4. The molecule has 7 aromatic rings. The Balaban J connectivity index is 1.41. The molecule has 62 heavy (non-hydrogen) atoms. The van der Waals surface area contributed by atoms with E-state index in [2.05, 4.69) is 15.9 Å². The number of ether oxygens (including phenoxy) is 3. The SMILES string of the molecule is C#Cc1ccc(-c2c3nc(c(-c4ccc(C(=O)OC)cc4)c4ccc([nH]4)c(-c4ccc(C(=O)OC)cc4)c4nc(c(-c5ccc(C(=O)OC)cc5)c5ccc2[nH]5)C=C4)C=C3)cc1. The molecule has 0 saturated carbocycles. The van der Waals surface area contributed by atoms with Crippen molar-refractivity contribution in [2.24, 2.45) is 0 Å². The number of terminal acetylenes is 1. The zero-order valence-electron chi connectivity index (χ0n) is 33.8. The van der Waals surface area contributed by atoms with Crippen molar-refractivity contribution in [3.8, 4) is 56.9 Å². The molecule has 3 aromatic heterocycles. The molecule has 10 nitrogen and oxygen atoms in total. The van der Waals surface area contributed by atoms with Crippen LogP contribution in [0.1, 0.15) is 59.4 Å². The molecule has 5 heterocycles. The molecule has 9 rings (SSSR count). The number of nitrogens with zero attached hydrogens (tertiary/aromatic N) is 2. The molecular formula is C52H36N4O6. The average Bonchev–Trinajstić information content (AvgIpc) is 4.17. The lowest BCUT2D eigenvalue weighted by atomic mass is 10.0. The predicted molar refractivity (Wildman–Crippen MR) is 243 cm³/mol. The standard InChI is InChI=1S/C52H36N4O6/c1-5-30-6-8-31(9-7-30)46-38-22-24-40(53-38)47(32-10-16-35(17-11-32)50(57)60-2)42-26-28-44(55-42)49(34-14-20-37(21-15-34)52(59)62-4)45-29-27-43(56-45)48(41-25-23-39(46)54-41)33-12-18-36(19-13-33)51(58)61-3/h1,6-29,53,56H,2-4H3. The van der Waals surface area contributed by atoms with Crippen LogP contribution in [0.25, 0.3) is 90.9 Å². The maximum Gasteiger partial charge on any atom is 0.337 e. The summed E-state index contributed by atoms with van der Waals surface area (Å²) >= 11 is 0. The number of nitrogens with one attached hydrogen (secondary N) is 2. The maximum atomic E-state index is 12.5. The number of fused-ring (bicyclic) bond motifs is 8. The summed E-state index contributed by atoms with van der Waals surface area (Å²) in [5.41, 5.74) is 14.4. The second kappa shape index (κ2) is 16.2. The van der Waals surface area contributed by atoms with E-state index in [1.165, 1.54) is 21.3 Å². The average molecular weight is 813 g/mol. The van der Waals surface area contributed by atoms with Crippen LogP contribution in [0.3, 0.4) is 0 Å². The Bertz CT molecular complexity index is 3160. The molecule has 0 fully saturated rings. The first-order valence-corrected chi connectivity index (χ1v) is 19.6. The fourth-order valence-electron chi connectivity index (χ4n) is 7.83. The van der Waals surface area contributed by atoms with Crippen molar-refractivity contribution in [3.63, 3.8) is 0 Å². The Morgan fingerprint density at radius 3 is 0.919 bits per heavy atom. The summed E-state index contributed by atoms with van der Waals surface area (Å²) in [5.74, 6) is 1.40. The van der Waals surface area contributed by atoms with Crippen LogP contribution in [0.4, 0.5) is 0 Å². The highest BCUT2D eigenvalue weighted by Gasteiger charge is 2.20. The first-order valence-electron chi connectivity index (χ1n) is 19.6. The number of methoxy groups -OCH3 is 3. The van der Waals surface area contributed by atoms with E-state index < -0.39 is 17.9 Å². The quantitative estimate of drug-likeness (QED) is 0.0922. The molecule has 300 valence electrons. The second-order valence-corrected chi connectivity index (χ2v) is 14.4. The highest BCUT2D eigenvalue weighted by Crippen LogP contribution is 2.38. The number of aromatic nitrogens is 4.